The van der Waals surface area contributed by atoms with Gasteiger partial charge in [0.05, 0.1) is 13.7 Å². The molecule has 0 atom stereocenters. The van der Waals surface area contributed by atoms with Crippen LogP contribution in [-0.2, 0) is 13.2 Å². The molecule has 0 amide bonds. The van der Waals surface area contributed by atoms with Gasteiger partial charge in [0, 0.05) is 33.0 Å². The molecule has 0 radical (unpaired) electrons. The van der Waals surface area contributed by atoms with Crippen molar-refractivity contribution in [2.24, 2.45) is 0 Å². The summed E-state index contributed by atoms with van der Waals surface area (Å²) >= 11 is 15.2. The number of aromatic amines is 1. The van der Waals surface area contributed by atoms with E-state index >= 15 is 0 Å². The Balaban J connectivity index is 1.53. The van der Waals surface area contributed by atoms with Crippen molar-refractivity contribution in [3.05, 3.63) is 86.3 Å². The van der Waals surface area contributed by atoms with Gasteiger partial charge in [-0.15, -0.1) is 0 Å². The Morgan fingerprint density at radius 2 is 1.91 bits per heavy atom. The van der Waals surface area contributed by atoms with Crippen LogP contribution >= 0.6 is 39.7 Å². The molecule has 0 aliphatic carbocycles. The summed E-state index contributed by atoms with van der Waals surface area (Å²) in [5, 5.41) is 7.80. The third kappa shape index (κ3) is 4.95. The average molecular weight is 533 g/mol. The van der Waals surface area contributed by atoms with Crippen molar-refractivity contribution in [3.8, 4) is 22.9 Å². The molecule has 4 rings (SSSR count). The van der Waals surface area contributed by atoms with E-state index in [-0.39, 0.29) is 0 Å². The number of hydrogen-bond donors (Lipinski definition) is 2. The maximum Gasteiger partial charge on any atom is 0.214 e. The van der Waals surface area contributed by atoms with Crippen molar-refractivity contribution in [3.63, 3.8) is 0 Å². The maximum absolute atomic E-state index is 6.23. The zero-order chi connectivity index (χ0) is 22.5. The van der Waals surface area contributed by atoms with E-state index in [1.807, 2.05) is 48.5 Å². The average Bonchev–Trinajstić information content (AvgIpc) is 3.18. The minimum Gasteiger partial charge on any atom is -0.493 e. The molecule has 10 heteroatoms. The van der Waals surface area contributed by atoms with Crippen LogP contribution in [0.5, 0.6) is 11.5 Å². The molecular weight excluding hydrogens is 514 g/mol. The second kappa shape index (κ2) is 10.2. The van der Waals surface area contributed by atoms with E-state index in [0.717, 1.165) is 21.2 Å². The predicted molar refractivity (Wildman–Crippen MR) is 130 cm³/mol. The Morgan fingerprint density at radius 1 is 1.12 bits per heavy atom. The lowest BCUT2D eigenvalue weighted by molar-refractivity contribution is 0.284. The molecule has 0 fully saturated rings. The molecule has 0 unspecified atom stereocenters. The first-order valence-corrected chi connectivity index (χ1v) is 11.2. The van der Waals surface area contributed by atoms with Crippen molar-refractivity contribution in [2.75, 3.05) is 12.5 Å². The van der Waals surface area contributed by atoms with Crippen LogP contribution in [0.3, 0.4) is 0 Å². The van der Waals surface area contributed by atoms with Crippen molar-refractivity contribution in [1.29, 1.82) is 0 Å². The summed E-state index contributed by atoms with van der Waals surface area (Å²) in [5.41, 5.74) is 6.05. The Morgan fingerprint density at radius 3 is 2.66 bits per heavy atom. The van der Waals surface area contributed by atoms with E-state index in [9.17, 15) is 0 Å². The van der Waals surface area contributed by atoms with Gasteiger partial charge < -0.3 is 14.9 Å². The number of benzene rings is 2. The smallest absolute Gasteiger partial charge is 0.214 e. The monoisotopic (exact) mass is 531 g/mol. The number of ether oxygens (including phenoxy) is 2. The predicted octanol–water partition coefficient (Wildman–Crippen LogP) is 5.75. The number of nitrogens with zero attached hydrogens (tertiary/aromatic N) is 3. The van der Waals surface area contributed by atoms with E-state index < -0.39 is 0 Å². The second-order valence-electron chi connectivity index (χ2n) is 6.73. The van der Waals surface area contributed by atoms with E-state index in [1.165, 1.54) is 0 Å². The normalized spacial score (nSPS) is 10.7. The van der Waals surface area contributed by atoms with Gasteiger partial charge in [-0.25, -0.2) is 9.77 Å². The first kappa shape index (κ1) is 22.3. The fourth-order valence-corrected chi connectivity index (χ4v) is 3.91. The SMILES string of the molecule is COc1cc(CNn2c(-c3ccncc3)n[nH]c2=S)c(Br)cc1OCc1ccccc1Cl. The number of nitrogens with one attached hydrogen (secondary N) is 2. The summed E-state index contributed by atoms with van der Waals surface area (Å²) in [4.78, 5) is 4.05. The van der Waals surface area contributed by atoms with Gasteiger partial charge in [-0.2, -0.15) is 5.10 Å². The highest BCUT2D eigenvalue weighted by atomic mass is 79.9. The lowest BCUT2D eigenvalue weighted by atomic mass is 10.2. The Labute approximate surface area is 203 Å². The number of pyridine rings is 1. The van der Waals surface area contributed by atoms with Crippen LogP contribution in [0.15, 0.2) is 65.4 Å². The summed E-state index contributed by atoms with van der Waals surface area (Å²) in [6.07, 6.45) is 3.42. The number of aromatic nitrogens is 4. The minimum absolute atomic E-state index is 0.333. The first-order valence-electron chi connectivity index (χ1n) is 9.61. The van der Waals surface area contributed by atoms with E-state index in [0.29, 0.717) is 40.3 Å². The number of methoxy groups -OCH3 is 1. The molecule has 7 nitrogen and oxygen atoms in total. The van der Waals surface area contributed by atoms with Crippen LogP contribution in [0.1, 0.15) is 11.1 Å². The number of rotatable bonds is 8. The third-order valence-corrected chi connectivity index (χ3v) is 6.09. The Hall–Kier alpha value is -2.88. The molecule has 0 spiro atoms. The van der Waals surface area contributed by atoms with Crippen LogP contribution < -0.4 is 14.9 Å². The Kier molecular flexibility index (Phi) is 7.09. The van der Waals surface area contributed by atoms with Gasteiger partial charge in [-0.05, 0) is 48.1 Å². The summed E-state index contributed by atoms with van der Waals surface area (Å²) in [6.45, 7) is 0.799. The molecule has 0 aliphatic rings. The molecule has 0 bridgehead atoms. The zero-order valence-corrected chi connectivity index (χ0v) is 20.2. The topological polar surface area (TPSA) is 77.0 Å². The van der Waals surface area contributed by atoms with Crippen molar-refractivity contribution in [1.82, 2.24) is 19.9 Å². The first-order chi connectivity index (χ1) is 15.6. The number of halogens is 2. The fourth-order valence-electron chi connectivity index (χ4n) is 3.06. The molecular formula is C22H19BrClN5O2S. The van der Waals surface area contributed by atoms with E-state index in [1.54, 1.807) is 24.2 Å². The van der Waals surface area contributed by atoms with Crippen molar-refractivity contribution >= 4 is 39.7 Å². The van der Waals surface area contributed by atoms with Gasteiger partial charge in [0.1, 0.15) is 6.61 Å². The molecule has 164 valence electrons. The maximum atomic E-state index is 6.23. The molecule has 0 saturated carbocycles. The summed E-state index contributed by atoms with van der Waals surface area (Å²) < 4.78 is 14.6. The zero-order valence-electron chi connectivity index (χ0n) is 17.0. The molecule has 2 aromatic heterocycles. The van der Waals surface area contributed by atoms with Gasteiger partial charge in [-0.1, -0.05) is 45.7 Å². The van der Waals surface area contributed by atoms with Crippen molar-refractivity contribution in [2.45, 2.75) is 13.2 Å². The number of hydrogen-bond acceptors (Lipinski definition) is 6. The molecule has 4 aromatic rings. The van der Waals surface area contributed by atoms with Crippen molar-refractivity contribution < 1.29 is 9.47 Å². The highest BCUT2D eigenvalue weighted by Crippen LogP contribution is 2.34. The summed E-state index contributed by atoms with van der Waals surface area (Å²) in [5.74, 6) is 1.89. The van der Waals surface area contributed by atoms with E-state index in [2.05, 4.69) is 36.5 Å². The van der Waals surface area contributed by atoms with Gasteiger partial charge in [-0.3, -0.25) is 4.98 Å². The van der Waals surface area contributed by atoms with Gasteiger partial charge in [0.2, 0.25) is 4.77 Å². The summed E-state index contributed by atoms with van der Waals surface area (Å²) in [7, 11) is 1.61. The van der Waals surface area contributed by atoms with Crippen LogP contribution in [0.25, 0.3) is 11.4 Å². The minimum atomic E-state index is 0.333. The lowest BCUT2D eigenvalue weighted by Crippen LogP contribution is -2.16. The molecule has 0 saturated heterocycles. The fraction of sp³-hybridized carbons (Fsp3) is 0.136. The highest BCUT2D eigenvalue weighted by Gasteiger charge is 2.13. The van der Waals surface area contributed by atoms with Crippen LogP contribution in [0.2, 0.25) is 5.02 Å². The van der Waals surface area contributed by atoms with Gasteiger partial charge >= 0.3 is 0 Å². The van der Waals surface area contributed by atoms with Gasteiger partial charge in [0.25, 0.3) is 0 Å². The van der Waals surface area contributed by atoms with Crippen LogP contribution in [0, 0.1) is 4.77 Å². The second-order valence-corrected chi connectivity index (χ2v) is 8.38. The highest BCUT2D eigenvalue weighted by molar-refractivity contribution is 9.10. The standard InChI is InChI=1S/C22H19BrClN5O2S/c1-30-19-10-16(17(23)11-20(19)31-13-15-4-2-3-5-18(15)24)12-26-29-21(27-28-22(29)32)14-6-8-25-9-7-14/h2-11,26H,12-13H2,1H3,(H,28,32). The van der Waals surface area contributed by atoms with Crippen LogP contribution in [-0.4, -0.2) is 27.0 Å². The van der Waals surface area contributed by atoms with Crippen LogP contribution in [0.4, 0.5) is 0 Å². The quantitative estimate of drug-likeness (QED) is 0.281. The Bertz CT molecular complexity index is 1280. The molecule has 2 heterocycles. The lowest BCUT2D eigenvalue weighted by Gasteiger charge is -2.16. The molecule has 0 aliphatic heterocycles. The van der Waals surface area contributed by atoms with E-state index in [4.69, 9.17) is 33.3 Å². The van der Waals surface area contributed by atoms with Gasteiger partial charge in [0.15, 0.2) is 17.3 Å². The third-order valence-electron chi connectivity index (χ3n) is 4.71. The molecule has 2 aromatic carbocycles. The summed E-state index contributed by atoms with van der Waals surface area (Å²) in [6, 6.07) is 15.1. The molecule has 32 heavy (non-hydrogen) atoms. The number of H-pyrrole nitrogens is 1. The largest absolute Gasteiger partial charge is 0.493 e. The molecule has 2 N–H and O–H groups in total.